The largest absolute Gasteiger partial charge is 0.450 e. The summed E-state index contributed by atoms with van der Waals surface area (Å²) in [7, 11) is 0. The van der Waals surface area contributed by atoms with E-state index in [1.165, 1.54) is 11.8 Å². The Morgan fingerprint density at radius 1 is 1.25 bits per heavy atom. The zero-order valence-corrected chi connectivity index (χ0v) is 13.7. The van der Waals surface area contributed by atoms with Gasteiger partial charge in [0.05, 0.1) is 5.56 Å². The minimum absolute atomic E-state index is 0.140. The van der Waals surface area contributed by atoms with Gasteiger partial charge in [-0.3, -0.25) is 4.90 Å². The maximum atomic E-state index is 13.5. The van der Waals surface area contributed by atoms with Crippen LogP contribution in [0.1, 0.15) is 34.3 Å². The van der Waals surface area contributed by atoms with Crippen molar-refractivity contribution < 1.29 is 13.9 Å². The number of likely N-dealkylation sites (tertiary alicyclic amines) is 1. The molecule has 1 aromatic carbocycles. The number of pyridine rings is 1. The molecule has 0 radical (unpaired) electrons. The van der Waals surface area contributed by atoms with Crippen LogP contribution in [0.25, 0.3) is 0 Å². The predicted octanol–water partition coefficient (Wildman–Crippen LogP) is 3.54. The third-order valence-corrected chi connectivity index (χ3v) is 5.22. The molecular formula is C18H16ClFN2O2. The number of hydrogen-bond acceptors (Lipinski definition) is 4. The minimum atomic E-state index is -0.828. The SMILES string of the molecule is O=C1OC2(CCN(Cc3ccccc3)CC2)c2cnc(F)c(Cl)c21. The smallest absolute Gasteiger partial charge is 0.341 e. The minimum Gasteiger partial charge on any atom is -0.450 e. The number of carbonyl (C=O) groups is 1. The normalized spacial score (nSPS) is 19.3. The van der Waals surface area contributed by atoms with Crippen molar-refractivity contribution in [1.82, 2.24) is 9.88 Å². The zero-order chi connectivity index (χ0) is 16.7. The molecule has 0 amide bonds. The van der Waals surface area contributed by atoms with Gasteiger partial charge in [0.25, 0.3) is 0 Å². The fourth-order valence-electron chi connectivity index (χ4n) is 3.58. The molecule has 1 saturated heterocycles. The Kier molecular flexibility index (Phi) is 3.77. The van der Waals surface area contributed by atoms with Gasteiger partial charge in [0.2, 0.25) is 5.95 Å². The summed E-state index contributed by atoms with van der Waals surface area (Å²) in [6.07, 6.45) is 2.71. The molecule has 4 nitrogen and oxygen atoms in total. The summed E-state index contributed by atoms with van der Waals surface area (Å²) < 4.78 is 19.2. The number of fused-ring (bicyclic) bond motifs is 2. The molecule has 1 spiro atoms. The second-order valence-electron chi connectivity index (χ2n) is 6.30. The summed E-state index contributed by atoms with van der Waals surface area (Å²) in [5.74, 6) is -1.38. The van der Waals surface area contributed by atoms with Gasteiger partial charge in [-0.25, -0.2) is 9.78 Å². The standard InChI is InChI=1S/C18H16ClFN2O2/c19-15-14-13(10-21-16(15)20)18(24-17(14)23)6-8-22(9-7-18)11-12-4-2-1-3-5-12/h1-5,10H,6-9,11H2. The lowest BCUT2D eigenvalue weighted by atomic mass is 9.84. The van der Waals surface area contributed by atoms with E-state index in [1.807, 2.05) is 18.2 Å². The third kappa shape index (κ3) is 2.48. The molecule has 0 unspecified atom stereocenters. The van der Waals surface area contributed by atoms with E-state index in [0.717, 1.165) is 19.6 Å². The highest BCUT2D eigenvalue weighted by Gasteiger charge is 2.49. The Labute approximate surface area is 144 Å². The highest BCUT2D eigenvalue weighted by atomic mass is 35.5. The van der Waals surface area contributed by atoms with Crippen molar-refractivity contribution in [2.45, 2.75) is 25.0 Å². The van der Waals surface area contributed by atoms with Gasteiger partial charge >= 0.3 is 5.97 Å². The number of aromatic nitrogens is 1. The van der Waals surface area contributed by atoms with E-state index < -0.39 is 17.5 Å². The van der Waals surface area contributed by atoms with Crippen LogP contribution in [0.4, 0.5) is 4.39 Å². The average molecular weight is 347 g/mol. The Balaban J connectivity index is 1.54. The van der Waals surface area contributed by atoms with Gasteiger partial charge < -0.3 is 4.74 Å². The zero-order valence-electron chi connectivity index (χ0n) is 13.0. The van der Waals surface area contributed by atoms with E-state index in [-0.39, 0.29) is 10.6 Å². The molecular weight excluding hydrogens is 331 g/mol. The first kappa shape index (κ1) is 15.5. The van der Waals surface area contributed by atoms with Crippen LogP contribution in [0, 0.1) is 5.95 Å². The molecule has 1 fully saturated rings. The topological polar surface area (TPSA) is 42.4 Å². The van der Waals surface area contributed by atoms with Gasteiger partial charge in [-0.05, 0) is 5.56 Å². The lowest BCUT2D eigenvalue weighted by Crippen LogP contribution is -2.42. The molecule has 124 valence electrons. The van der Waals surface area contributed by atoms with Gasteiger partial charge in [-0.1, -0.05) is 41.9 Å². The molecule has 2 aromatic rings. The van der Waals surface area contributed by atoms with Crippen LogP contribution in [0.5, 0.6) is 0 Å². The molecule has 0 bridgehead atoms. The maximum absolute atomic E-state index is 13.5. The predicted molar refractivity (Wildman–Crippen MR) is 87.3 cm³/mol. The van der Waals surface area contributed by atoms with Crippen LogP contribution in [-0.2, 0) is 16.9 Å². The van der Waals surface area contributed by atoms with Crippen molar-refractivity contribution in [2.75, 3.05) is 13.1 Å². The van der Waals surface area contributed by atoms with Crippen LogP contribution in [-0.4, -0.2) is 28.9 Å². The number of esters is 1. The molecule has 0 N–H and O–H groups in total. The lowest BCUT2D eigenvalue weighted by Gasteiger charge is -2.38. The molecule has 0 saturated carbocycles. The number of rotatable bonds is 2. The number of piperidine rings is 1. The number of hydrogen-bond donors (Lipinski definition) is 0. The van der Waals surface area contributed by atoms with Crippen LogP contribution in [0.2, 0.25) is 5.02 Å². The highest BCUT2D eigenvalue weighted by Crippen LogP contribution is 2.46. The van der Waals surface area contributed by atoms with Crippen molar-refractivity contribution in [2.24, 2.45) is 0 Å². The first-order valence-corrected chi connectivity index (χ1v) is 8.31. The molecule has 1 aromatic heterocycles. The van der Waals surface area contributed by atoms with Crippen LogP contribution < -0.4 is 0 Å². The average Bonchev–Trinajstić information content (AvgIpc) is 2.87. The molecule has 6 heteroatoms. The third-order valence-electron chi connectivity index (χ3n) is 4.87. The van der Waals surface area contributed by atoms with Crippen molar-refractivity contribution in [1.29, 1.82) is 0 Å². The van der Waals surface area contributed by atoms with Crippen LogP contribution in [0.15, 0.2) is 36.5 Å². The fourth-order valence-corrected chi connectivity index (χ4v) is 3.81. The summed E-state index contributed by atoms with van der Waals surface area (Å²) >= 11 is 5.92. The van der Waals surface area contributed by atoms with Crippen molar-refractivity contribution in [3.63, 3.8) is 0 Å². The Morgan fingerprint density at radius 3 is 2.67 bits per heavy atom. The monoisotopic (exact) mass is 346 g/mol. The fraction of sp³-hybridized carbons (Fsp3) is 0.333. The quantitative estimate of drug-likeness (QED) is 0.616. The number of halogens is 2. The molecule has 0 atom stereocenters. The first-order chi connectivity index (χ1) is 11.6. The van der Waals surface area contributed by atoms with Crippen LogP contribution in [0.3, 0.4) is 0 Å². The molecule has 2 aliphatic rings. The van der Waals surface area contributed by atoms with Crippen molar-refractivity contribution in [3.05, 3.63) is 64.2 Å². The van der Waals surface area contributed by atoms with Crippen molar-refractivity contribution in [3.8, 4) is 0 Å². The summed E-state index contributed by atoms with van der Waals surface area (Å²) in [5.41, 5.74) is 1.30. The molecule has 0 aliphatic carbocycles. The van der Waals surface area contributed by atoms with Crippen molar-refractivity contribution >= 4 is 17.6 Å². The molecule has 3 heterocycles. The summed E-state index contributed by atoms with van der Waals surface area (Å²) in [4.78, 5) is 18.2. The number of ether oxygens (including phenoxy) is 1. The van der Waals surface area contributed by atoms with Crippen LogP contribution >= 0.6 is 11.6 Å². The second kappa shape index (κ2) is 5.83. The van der Waals surface area contributed by atoms with E-state index in [1.54, 1.807) is 0 Å². The molecule has 2 aliphatic heterocycles. The van der Waals surface area contributed by atoms with E-state index in [4.69, 9.17) is 16.3 Å². The number of nitrogens with zero attached hydrogens (tertiary/aromatic N) is 2. The Hall–Kier alpha value is -1.98. The molecule has 24 heavy (non-hydrogen) atoms. The maximum Gasteiger partial charge on any atom is 0.341 e. The lowest BCUT2D eigenvalue weighted by molar-refractivity contribution is -0.0441. The Morgan fingerprint density at radius 2 is 1.96 bits per heavy atom. The van der Waals surface area contributed by atoms with E-state index in [0.29, 0.717) is 18.4 Å². The van der Waals surface area contributed by atoms with Gasteiger partial charge in [-0.2, -0.15) is 4.39 Å². The summed E-state index contributed by atoms with van der Waals surface area (Å²) in [6.45, 7) is 2.44. The Bertz CT molecular complexity index is 789. The van der Waals surface area contributed by atoms with Gasteiger partial charge in [0, 0.05) is 44.2 Å². The van der Waals surface area contributed by atoms with E-state index in [9.17, 15) is 9.18 Å². The number of carbonyl (C=O) groups excluding carboxylic acids is 1. The first-order valence-electron chi connectivity index (χ1n) is 7.93. The van der Waals surface area contributed by atoms with Gasteiger partial charge in [-0.15, -0.1) is 0 Å². The van der Waals surface area contributed by atoms with Gasteiger partial charge in [0.15, 0.2) is 0 Å². The van der Waals surface area contributed by atoms with E-state index in [2.05, 4.69) is 22.0 Å². The van der Waals surface area contributed by atoms with Gasteiger partial charge in [0.1, 0.15) is 10.6 Å². The summed E-state index contributed by atoms with van der Waals surface area (Å²) in [5, 5.41) is -0.235. The second-order valence-corrected chi connectivity index (χ2v) is 6.68. The molecule has 4 rings (SSSR count). The number of benzene rings is 1. The van der Waals surface area contributed by atoms with E-state index >= 15 is 0 Å². The summed E-state index contributed by atoms with van der Waals surface area (Å²) in [6, 6.07) is 10.2. The highest BCUT2D eigenvalue weighted by molar-refractivity contribution is 6.34.